The third-order valence-corrected chi connectivity index (χ3v) is 4.49. The Morgan fingerprint density at radius 1 is 0.826 bits per heavy atom. The standard InChI is InChI=1S/C22H19N/c1-3-16-12-15(2)13-18(14-16)22-21-9-8-17-6-4-5-7-19(17)20(21)10-11-23-22/h4-14H,3H2,1-2H3. The van der Waals surface area contributed by atoms with E-state index in [2.05, 4.69) is 74.5 Å². The molecule has 0 aliphatic rings. The van der Waals surface area contributed by atoms with Gasteiger partial charge in [0.25, 0.3) is 0 Å². The van der Waals surface area contributed by atoms with Crippen molar-refractivity contribution in [3.8, 4) is 11.3 Å². The van der Waals surface area contributed by atoms with E-state index in [9.17, 15) is 0 Å². The van der Waals surface area contributed by atoms with Gasteiger partial charge in [0.2, 0.25) is 0 Å². The summed E-state index contributed by atoms with van der Waals surface area (Å²) in [5.41, 5.74) is 4.94. The number of pyridine rings is 1. The molecule has 3 aromatic carbocycles. The molecule has 0 fully saturated rings. The first-order valence-corrected chi connectivity index (χ1v) is 8.13. The number of hydrogen-bond acceptors (Lipinski definition) is 1. The van der Waals surface area contributed by atoms with Crippen molar-refractivity contribution in [1.29, 1.82) is 0 Å². The molecular weight excluding hydrogens is 278 g/mol. The van der Waals surface area contributed by atoms with E-state index in [1.165, 1.54) is 38.2 Å². The van der Waals surface area contributed by atoms with Gasteiger partial charge in [-0.2, -0.15) is 0 Å². The van der Waals surface area contributed by atoms with E-state index in [4.69, 9.17) is 4.98 Å². The maximum atomic E-state index is 4.70. The summed E-state index contributed by atoms with van der Waals surface area (Å²) >= 11 is 0. The highest BCUT2D eigenvalue weighted by Gasteiger charge is 2.09. The van der Waals surface area contributed by atoms with Crippen molar-refractivity contribution in [1.82, 2.24) is 4.98 Å². The van der Waals surface area contributed by atoms with Gasteiger partial charge in [-0.15, -0.1) is 0 Å². The fourth-order valence-corrected chi connectivity index (χ4v) is 3.37. The Labute approximate surface area is 136 Å². The van der Waals surface area contributed by atoms with Crippen LogP contribution in [0.4, 0.5) is 0 Å². The zero-order chi connectivity index (χ0) is 15.8. The lowest BCUT2D eigenvalue weighted by Crippen LogP contribution is -1.90. The monoisotopic (exact) mass is 297 g/mol. The molecule has 0 radical (unpaired) electrons. The van der Waals surface area contributed by atoms with Gasteiger partial charge in [0, 0.05) is 17.1 Å². The SMILES string of the molecule is CCc1cc(C)cc(-c2nccc3c2ccc2ccccc23)c1. The summed E-state index contributed by atoms with van der Waals surface area (Å²) in [6.07, 6.45) is 2.97. The molecule has 1 aromatic heterocycles. The van der Waals surface area contributed by atoms with Crippen LogP contribution in [-0.4, -0.2) is 4.98 Å². The highest BCUT2D eigenvalue weighted by molar-refractivity contribution is 6.11. The average Bonchev–Trinajstić information content (AvgIpc) is 2.60. The van der Waals surface area contributed by atoms with Crippen LogP contribution in [0.5, 0.6) is 0 Å². The molecule has 4 rings (SSSR count). The second-order valence-corrected chi connectivity index (χ2v) is 6.10. The molecule has 112 valence electrons. The molecule has 0 atom stereocenters. The van der Waals surface area contributed by atoms with Crippen molar-refractivity contribution in [3.63, 3.8) is 0 Å². The van der Waals surface area contributed by atoms with Crippen LogP contribution < -0.4 is 0 Å². The number of rotatable bonds is 2. The van der Waals surface area contributed by atoms with Gasteiger partial charge in [0.1, 0.15) is 0 Å². The van der Waals surface area contributed by atoms with Crippen LogP contribution >= 0.6 is 0 Å². The van der Waals surface area contributed by atoms with Crippen molar-refractivity contribution in [2.24, 2.45) is 0 Å². The molecule has 1 heterocycles. The lowest BCUT2D eigenvalue weighted by molar-refractivity contribution is 1.13. The molecule has 0 aliphatic carbocycles. The predicted molar refractivity (Wildman–Crippen MR) is 98.8 cm³/mol. The fourth-order valence-electron chi connectivity index (χ4n) is 3.37. The maximum Gasteiger partial charge on any atom is 0.0780 e. The molecule has 4 aromatic rings. The van der Waals surface area contributed by atoms with Crippen LogP contribution in [0.3, 0.4) is 0 Å². The third-order valence-electron chi connectivity index (χ3n) is 4.49. The number of benzene rings is 3. The second kappa shape index (κ2) is 5.51. The van der Waals surface area contributed by atoms with Crippen molar-refractivity contribution >= 4 is 21.5 Å². The molecule has 0 saturated heterocycles. The lowest BCUT2D eigenvalue weighted by atomic mass is 9.96. The van der Waals surface area contributed by atoms with E-state index in [0.29, 0.717) is 0 Å². The lowest BCUT2D eigenvalue weighted by Gasteiger charge is -2.10. The van der Waals surface area contributed by atoms with Crippen LogP contribution in [0.25, 0.3) is 32.8 Å². The Balaban J connectivity index is 2.05. The highest BCUT2D eigenvalue weighted by atomic mass is 14.7. The zero-order valence-electron chi connectivity index (χ0n) is 13.5. The number of hydrogen-bond donors (Lipinski definition) is 0. The minimum atomic E-state index is 1.04. The van der Waals surface area contributed by atoms with Gasteiger partial charge in [0.05, 0.1) is 5.69 Å². The summed E-state index contributed by atoms with van der Waals surface area (Å²) in [4.78, 5) is 4.70. The minimum absolute atomic E-state index is 1.04. The summed E-state index contributed by atoms with van der Waals surface area (Å²) in [5, 5.41) is 5.05. The molecule has 0 N–H and O–H groups in total. The van der Waals surface area contributed by atoms with Gasteiger partial charge >= 0.3 is 0 Å². The van der Waals surface area contributed by atoms with Crippen LogP contribution in [0.1, 0.15) is 18.1 Å². The van der Waals surface area contributed by atoms with Gasteiger partial charge in [-0.3, -0.25) is 4.98 Å². The Bertz CT molecular complexity index is 1010. The number of fused-ring (bicyclic) bond motifs is 3. The van der Waals surface area contributed by atoms with Crippen LogP contribution in [0, 0.1) is 6.92 Å². The van der Waals surface area contributed by atoms with Crippen molar-refractivity contribution in [2.45, 2.75) is 20.3 Å². The van der Waals surface area contributed by atoms with E-state index in [1.54, 1.807) is 0 Å². The predicted octanol–water partition coefficient (Wildman–Crippen LogP) is 5.93. The van der Waals surface area contributed by atoms with Gasteiger partial charge in [0.15, 0.2) is 0 Å². The van der Waals surface area contributed by atoms with E-state index in [0.717, 1.165) is 12.1 Å². The minimum Gasteiger partial charge on any atom is -0.256 e. The van der Waals surface area contributed by atoms with Crippen molar-refractivity contribution in [2.75, 3.05) is 0 Å². The molecule has 23 heavy (non-hydrogen) atoms. The fraction of sp³-hybridized carbons (Fsp3) is 0.136. The zero-order valence-corrected chi connectivity index (χ0v) is 13.5. The average molecular weight is 297 g/mol. The maximum absolute atomic E-state index is 4.70. The Morgan fingerprint density at radius 2 is 1.70 bits per heavy atom. The molecule has 0 saturated carbocycles. The third kappa shape index (κ3) is 2.39. The summed E-state index contributed by atoms with van der Waals surface area (Å²) in [6, 6.07) is 21.8. The van der Waals surface area contributed by atoms with E-state index >= 15 is 0 Å². The summed E-state index contributed by atoms with van der Waals surface area (Å²) in [6.45, 7) is 4.35. The molecule has 0 bridgehead atoms. The molecule has 0 unspecified atom stereocenters. The molecule has 0 amide bonds. The van der Waals surface area contributed by atoms with Crippen molar-refractivity contribution < 1.29 is 0 Å². The first kappa shape index (κ1) is 14.0. The van der Waals surface area contributed by atoms with E-state index in [-0.39, 0.29) is 0 Å². The molecule has 0 aliphatic heterocycles. The smallest absolute Gasteiger partial charge is 0.0780 e. The molecule has 1 nitrogen and oxygen atoms in total. The Hall–Kier alpha value is -2.67. The first-order chi connectivity index (χ1) is 11.3. The largest absolute Gasteiger partial charge is 0.256 e. The van der Waals surface area contributed by atoms with E-state index < -0.39 is 0 Å². The molecular formula is C22H19N. The van der Waals surface area contributed by atoms with E-state index in [1.807, 2.05) is 6.20 Å². The van der Waals surface area contributed by atoms with Gasteiger partial charge in [-0.25, -0.2) is 0 Å². The van der Waals surface area contributed by atoms with Crippen molar-refractivity contribution in [3.05, 3.63) is 78.0 Å². The van der Waals surface area contributed by atoms with Crippen LogP contribution in [-0.2, 0) is 6.42 Å². The topological polar surface area (TPSA) is 12.9 Å². The molecule has 0 spiro atoms. The normalized spacial score (nSPS) is 11.2. The second-order valence-electron chi connectivity index (χ2n) is 6.10. The number of aryl methyl sites for hydroxylation is 2. The Morgan fingerprint density at radius 3 is 2.57 bits per heavy atom. The summed E-state index contributed by atoms with van der Waals surface area (Å²) in [7, 11) is 0. The summed E-state index contributed by atoms with van der Waals surface area (Å²) < 4.78 is 0. The summed E-state index contributed by atoms with van der Waals surface area (Å²) in [5.74, 6) is 0. The first-order valence-electron chi connectivity index (χ1n) is 8.13. The molecule has 1 heteroatoms. The van der Waals surface area contributed by atoms with Crippen LogP contribution in [0.15, 0.2) is 66.9 Å². The van der Waals surface area contributed by atoms with Gasteiger partial charge < -0.3 is 0 Å². The highest BCUT2D eigenvalue weighted by Crippen LogP contribution is 2.32. The number of aromatic nitrogens is 1. The quantitative estimate of drug-likeness (QED) is 0.418. The van der Waals surface area contributed by atoms with Crippen LogP contribution in [0.2, 0.25) is 0 Å². The van der Waals surface area contributed by atoms with Gasteiger partial charge in [-0.1, -0.05) is 55.0 Å². The Kier molecular flexibility index (Phi) is 3.34. The van der Waals surface area contributed by atoms with Gasteiger partial charge in [-0.05, 0) is 53.3 Å². The number of nitrogens with zero attached hydrogens (tertiary/aromatic N) is 1.